The van der Waals surface area contributed by atoms with Gasteiger partial charge in [-0.3, -0.25) is 0 Å². The molecular weight excluding hydrogens is 1030 g/mol. The third-order valence-corrected chi connectivity index (χ3v) is 12.6. The minimum absolute atomic E-state index is 0.0607. The second-order valence-corrected chi connectivity index (χ2v) is 18.0. The van der Waals surface area contributed by atoms with E-state index in [1.54, 1.807) is 0 Å². The standard InChI is InChI=1S/C51H54O26/c52-18-34-39(61)42(64)45(67)49(74-34)72-32-16-25(54)15-31-26(32)17-33(47(71-31)23-5-7-24(53)8-6-23)73-51-48(44(66)41(63)36(76-51)20-70-38(60)12-4-22-2-10-28(56)30(58)14-22)77-50-46(68)43(65)40(62)35(75-50)19-69-37(59)11-3-21-1-9-27(55)29(57)13-21/h1-17,34-36,39-58,61-68H,18-20H2/b11-3+,12-4+/t34-,35-,36-,39+,40+,41+,42-,43-,44-,45+,46+,47?,48-,49+,50-,51+/m0/s1. The molecule has 414 valence electrons. The summed E-state index contributed by atoms with van der Waals surface area (Å²) in [6.45, 7) is -2.39. The number of esters is 2. The number of phenols is 6. The minimum Gasteiger partial charge on any atom is -0.508 e. The van der Waals surface area contributed by atoms with Crippen LogP contribution in [0.3, 0.4) is 0 Å². The Balaban J connectivity index is 1.10. The first kappa shape index (κ1) is 55.9. The van der Waals surface area contributed by atoms with Crippen molar-refractivity contribution in [2.24, 2.45) is 0 Å². The Morgan fingerprint density at radius 2 is 1.04 bits per heavy atom. The SMILES string of the molecule is O=C(/C=C/c1ccc(O)c(O)c1)OC[C@@H]1O[C@@H](O[C@@H]2[C@H](OC3=Cc4c(cc(O)cc4O[C@@H]4O[C@@H](CO)[C@@H](O)[C@H](O)[C@H]4O)OC3c3ccc(O)cc3)O[C@@H](COC(=O)/C=C/c3ccc(O)c(O)c3)[C@@H](O)[C@@H]2O)[C@H](O)[C@@H](O)[C@@H]1O. The molecule has 0 spiro atoms. The van der Waals surface area contributed by atoms with Gasteiger partial charge in [0.15, 0.2) is 41.5 Å². The maximum Gasteiger partial charge on any atom is 0.330 e. The summed E-state index contributed by atoms with van der Waals surface area (Å²) in [5, 5.41) is 158. The molecule has 3 fully saturated rings. The van der Waals surface area contributed by atoms with E-state index in [9.17, 15) is 86.2 Å². The van der Waals surface area contributed by atoms with E-state index in [-0.39, 0.29) is 45.3 Å². The van der Waals surface area contributed by atoms with Crippen LogP contribution < -0.4 is 9.47 Å². The van der Waals surface area contributed by atoms with Gasteiger partial charge < -0.3 is 119 Å². The van der Waals surface area contributed by atoms with Gasteiger partial charge in [0.2, 0.25) is 12.6 Å². The number of hydrogen-bond donors (Lipinski definition) is 15. The molecule has 0 saturated carbocycles. The van der Waals surface area contributed by atoms with Gasteiger partial charge in [0.25, 0.3) is 0 Å². The van der Waals surface area contributed by atoms with Crippen LogP contribution in [0.4, 0.5) is 0 Å². The van der Waals surface area contributed by atoms with Crippen LogP contribution in [-0.2, 0) is 42.7 Å². The van der Waals surface area contributed by atoms with E-state index < -0.39 is 159 Å². The monoisotopic (exact) mass is 1080 g/mol. The number of hydrogen-bond acceptors (Lipinski definition) is 26. The fourth-order valence-electron chi connectivity index (χ4n) is 8.37. The summed E-state index contributed by atoms with van der Waals surface area (Å²) in [4.78, 5) is 25.7. The van der Waals surface area contributed by atoms with Crippen LogP contribution in [0.15, 0.2) is 90.7 Å². The van der Waals surface area contributed by atoms with Crippen molar-refractivity contribution in [1.82, 2.24) is 0 Å². The fourth-order valence-corrected chi connectivity index (χ4v) is 8.37. The Morgan fingerprint density at radius 3 is 1.60 bits per heavy atom. The predicted octanol–water partition coefficient (Wildman–Crippen LogP) is -1.26. The third kappa shape index (κ3) is 12.8. The average molecular weight is 1080 g/mol. The number of rotatable bonds is 16. The van der Waals surface area contributed by atoms with Gasteiger partial charge in [0, 0.05) is 29.8 Å². The van der Waals surface area contributed by atoms with Crippen molar-refractivity contribution in [3.05, 3.63) is 113 Å². The van der Waals surface area contributed by atoms with Crippen LogP contribution >= 0.6 is 0 Å². The molecule has 15 N–H and O–H groups in total. The predicted molar refractivity (Wildman–Crippen MR) is 255 cm³/mol. The average Bonchev–Trinajstić information content (AvgIpc) is 3.42. The lowest BCUT2D eigenvalue weighted by molar-refractivity contribution is -0.364. The zero-order valence-corrected chi connectivity index (χ0v) is 39.9. The summed E-state index contributed by atoms with van der Waals surface area (Å²) < 4.78 is 52.7. The van der Waals surface area contributed by atoms with Gasteiger partial charge in [-0.25, -0.2) is 9.59 Å². The van der Waals surface area contributed by atoms with Gasteiger partial charge in [-0.15, -0.1) is 0 Å². The van der Waals surface area contributed by atoms with E-state index in [0.717, 1.165) is 36.4 Å². The van der Waals surface area contributed by atoms with E-state index in [0.29, 0.717) is 0 Å². The number of fused-ring (bicyclic) bond motifs is 1. The minimum atomic E-state index is -2.14. The summed E-state index contributed by atoms with van der Waals surface area (Å²) in [7, 11) is 0. The largest absolute Gasteiger partial charge is 0.508 e. The van der Waals surface area contributed by atoms with Gasteiger partial charge >= 0.3 is 11.9 Å². The second kappa shape index (κ2) is 23.9. The molecule has 4 heterocycles. The first-order valence-electron chi connectivity index (χ1n) is 23.5. The van der Waals surface area contributed by atoms with Crippen LogP contribution in [0.25, 0.3) is 18.2 Å². The summed E-state index contributed by atoms with van der Waals surface area (Å²) in [5.74, 6) is -5.12. The van der Waals surface area contributed by atoms with Gasteiger partial charge in [-0.05, 0) is 65.8 Å². The van der Waals surface area contributed by atoms with E-state index in [1.807, 2.05) is 0 Å². The summed E-state index contributed by atoms with van der Waals surface area (Å²) >= 11 is 0. The van der Waals surface area contributed by atoms with Gasteiger partial charge in [0.1, 0.15) is 109 Å². The molecule has 1 unspecified atom stereocenters. The molecule has 26 nitrogen and oxygen atoms in total. The van der Waals surface area contributed by atoms with Crippen molar-refractivity contribution >= 4 is 30.2 Å². The molecule has 0 radical (unpaired) electrons. The molecule has 0 amide bonds. The zero-order valence-electron chi connectivity index (χ0n) is 39.9. The lowest BCUT2D eigenvalue weighted by Gasteiger charge is -2.46. The third-order valence-electron chi connectivity index (χ3n) is 12.6. The van der Waals surface area contributed by atoms with E-state index in [1.165, 1.54) is 66.8 Å². The molecule has 4 aliphatic rings. The van der Waals surface area contributed by atoms with Crippen LogP contribution in [0.2, 0.25) is 0 Å². The number of ether oxygens (including phenoxy) is 9. The zero-order chi connectivity index (χ0) is 55.4. The first-order valence-corrected chi connectivity index (χ1v) is 23.5. The number of carbonyl (C=O) groups is 2. The van der Waals surface area contributed by atoms with Crippen LogP contribution in [0.5, 0.6) is 46.0 Å². The molecule has 4 aliphatic heterocycles. The molecule has 3 saturated heterocycles. The quantitative estimate of drug-likeness (QED) is 0.0354. The number of aliphatic hydroxyl groups is 9. The molecular formula is C51H54O26. The van der Waals surface area contributed by atoms with Crippen molar-refractivity contribution in [2.45, 2.75) is 98.2 Å². The molecule has 16 atom stereocenters. The Labute approximate surface area is 435 Å². The molecule has 4 aromatic rings. The highest BCUT2D eigenvalue weighted by atomic mass is 16.8. The van der Waals surface area contributed by atoms with E-state index in [4.69, 9.17) is 42.6 Å². The Morgan fingerprint density at radius 1 is 0.519 bits per heavy atom. The molecule has 77 heavy (non-hydrogen) atoms. The molecule has 0 bridgehead atoms. The molecule has 8 rings (SSSR count). The first-order chi connectivity index (χ1) is 36.7. The maximum atomic E-state index is 12.9. The highest BCUT2D eigenvalue weighted by Gasteiger charge is 2.53. The van der Waals surface area contributed by atoms with Crippen LogP contribution in [0.1, 0.15) is 28.4 Å². The van der Waals surface area contributed by atoms with E-state index >= 15 is 0 Å². The molecule has 0 aromatic heterocycles. The fraction of sp³-hybridized carbons (Fsp3) is 0.373. The maximum absolute atomic E-state index is 12.9. The Bertz CT molecular complexity index is 2820. The summed E-state index contributed by atoms with van der Waals surface area (Å²) in [5.41, 5.74) is 0.748. The lowest BCUT2D eigenvalue weighted by Crippen LogP contribution is -2.64. The number of aromatic hydroxyl groups is 6. The molecule has 4 aromatic carbocycles. The number of benzene rings is 4. The summed E-state index contributed by atoms with van der Waals surface area (Å²) in [6.07, 6.45) is -24.2. The lowest BCUT2D eigenvalue weighted by atomic mass is 9.97. The van der Waals surface area contributed by atoms with Crippen molar-refractivity contribution in [1.29, 1.82) is 0 Å². The van der Waals surface area contributed by atoms with Crippen molar-refractivity contribution in [3.63, 3.8) is 0 Å². The Kier molecular flexibility index (Phi) is 17.4. The smallest absolute Gasteiger partial charge is 0.330 e. The van der Waals surface area contributed by atoms with Crippen molar-refractivity contribution < 1.29 is 129 Å². The highest BCUT2D eigenvalue weighted by Crippen LogP contribution is 2.46. The Hall–Kier alpha value is -7.28. The number of phenolic OH excluding ortho intramolecular Hbond substituents is 6. The van der Waals surface area contributed by atoms with Crippen molar-refractivity contribution in [2.75, 3.05) is 19.8 Å². The highest BCUT2D eigenvalue weighted by molar-refractivity contribution is 5.87. The van der Waals surface area contributed by atoms with Gasteiger partial charge in [-0.2, -0.15) is 0 Å². The number of aliphatic hydroxyl groups excluding tert-OH is 9. The normalized spacial score (nSPS) is 31.2. The van der Waals surface area contributed by atoms with Crippen molar-refractivity contribution in [3.8, 4) is 46.0 Å². The molecule has 26 heteroatoms. The summed E-state index contributed by atoms with van der Waals surface area (Å²) in [6, 6.07) is 15.0. The number of carbonyl (C=O) groups excluding carboxylic acids is 2. The topological polar surface area (TPSA) is 421 Å². The van der Waals surface area contributed by atoms with E-state index in [2.05, 4.69) is 0 Å². The second-order valence-electron chi connectivity index (χ2n) is 18.0. The van der Waals surface area contributed by atoms with Gasteiger partial charge in [0.05, 0.1) is 12.2 Å². The van der Waals surface area contributed by atoms with Gasteiger partial charge in [-0.1, -0.05) is 24.3 Å². The molecule has 0 aliphatic carbocycles. The van der Waals surface area contributed by atoms with Crippen LogP contribution in [0, 0.1) is 0 Å². The van der Waals surface area contributed by atoms with Crippen LogP contribution in [-0.4, -0.2) is 200 Å².